The number of aromatic nitrogens is 3. The fraction of sp³-hybridized carbons (Fsp3) is 0.0556. The molecule has 12 heteroatoms. The van der Waals surface area contributed by atoms with Gasteiger partial charge in [0.1, 0.15) is 17.0 Å². The molecule has 8 nitrogen and oxygen atoms in total. The molecule has 0 unspecified atom stereocenters. The van der Waals surface area contributed by atoms with Crippen LogP contribution in [0.4, 0.5) is 20.9 Å². The van der Waals surface area contributed by atoms with E-state index >= 15 is 0 Å². The van der Waals surface area contributed by atoms with Gasteiger partial charge in [-0.2, -0.15) is 4.37 Å². The zero-order valence-electron chi connectivity index (χ0n) is 15.3. The van der Waals surface area contributed by atoms with Crippen LogP contribution in [0.25, 0.3) is 11.1 Å². The summed E-state index contributed by atoms with van der Waals surface area (Å²) in [5, 5.41) is 3.03. The summed E-state index contributed by atoms with van der Waals surface area (Å²) in [5.74, 6) is -0.983. The predicted octanol–water partition coefficient (Wildman–Crippen LogP) is 4.84. The highest BCUT2D eigenvalue weighted by molar-refractivity contribution is 7.93. The van der Waals surface area contributed by atoms with Gasteiger partial charge in [-0.3, -0.25) is 9.71 Å². The Bertz CT molecular complexity index is 1300. The lowest BCUT2D eigenvalue weighted by Gasteiger charge is -2.14. The molecule has 0 aliphatic heterocycles. The van der Waals surface area contributed by atoms with E-state index in [4.69, 9.17) is 16.0 Å². The number of rotatable bonds is 6. The van der Waals surface area contributed by atoms with E-state index < -0.39 is 20.7 Å². The lowest BCUT2D eigenvalue weighted by molar-refractivity contribution is 0.568. The largest absolute Gasteiger partial charge is 0.472 e. The van der Waals surface area contributed by atoms with Crippen LogP contribution in [0.2, 0.25) is 5.02 Å². The maximum atomic E-state index is 14.7. The Morgan fingerprint density at radius 2 is 2.03 bits per heavy atom. The second kappa shape index (κ2) is 8.01. The van der Waals surface area contributed by atoms with Gasteiger partial charge in [-0.25, -0.2) is 17.8 Å². The topological polar surface area (TPSA) is 110 Å². The van der Waals surface area contributed by atoms with Crippen molar-refractivity contribution >= 4 is 49.7 Å². The minimum Gasteiger partial charge on any atom is -0.472 e. The smallest absolute Gasteiger partial charge is 0.266 e. The number of benzene rings is 1. The number of pyridine rings is 1. The average molecular weight is 466 g/mol. The molecule has 0 bridgehead atoms. The number of aryl methyl sites for hydroxylation is 1. The van der Waals surface area contributed by atoms with Crippen molar-refractivity contribution in [2.24, 2.45) is 0 Å². The van der Waals surface area contributed by atoms with Crippen LogP contribution < -0.4 is 10.0 Å². The number of sulfonamides is 1. The third-order valence-corrected chi connectivity index (χ3v) is 6.41. The molecule has 4 aromatic rings. The zero-order chi connectivity index (χ0) is 21.3. The minimum atomic E-state index is -4.23. The lowest BCUT2D eigenvalue weighted by Crippen LogP contribution is -2.14. The highest BCUT2D eigenvalue weighted by Crippen LogP contribution is 2.35. The summed E-state index contributed by atoms with van der Waals surface area (Å²) in [7, 11) is -4.23. The summed E-state index contributed by atoms with van der Waals surface area (Å²) < 4.78 is 50.7. The first kappa shape index (κ1) is 20.3. The molecule has 0 radical (unpaired) electrons. The highest BCUT2D eigenvalue weighted by atomic mass is 35.5. The van der Waals surface area contributed by atoms with Gasteiger partial charge in [-0.05, 0) is 25.1 Å². The SMILES string of the molecule is Cc1cc(-c2ccoc2)c(Nc2cc(F)c(S(=O)(=O)Nc3ncns3)cc2Cl)cn1. The molecule has 0 aliphatic carbocycles. The standard InChI is InChI=1S/C18H13ClFN5O3S2/c1-10-4-12(11-2-3-28-8-11)16(7-21-10)24-15-6-14(20)17(5-13(15)19)30(26,27)25-18-22-9-23-29-18/h2-9,24H,1H3,(H,22,23,25). The molecule has 3 heterocycles. The Morgan fingerprint density at radius 3 is 2.73 bits per heavy atom. The van der Waals surface area contributed by atoms with E-state index in [0.29, 0.717) is 5.69 Å². The molecular weight excluding hydrogens is 453 g/mol. The van der Waals surface area contributed by atoms with Crippen molar-refractivity contribution in [1.82, 2.24) is 14.3 Å². The van der Waals surface area contributed by atoms with Crippen molar-refractivity contribution in [3.05, 3.63) is 65.8 Å². The molecular formula is C18H13ClFN5O3S2. The zero-order valence-corrected chi connectivity index (χ0v) is 17.6. The third-order valence-electron chi connectivity index (χ3n) is 4.04. The number of hydrogen-bond acceptors (Lipinski definition) is 8. The molecule has 0 atom stereocenters. The molecule has 0 amide bonds. The average Bonchev–Trinajstić information content (AvgIpc) is 3.39. The molecule has 0 aliphatic rings. The van der Waals surface area contributed by atoms with Gasteiger partial charge in [0.25, 0.3) is 10.0 Å². The summed E-state index contributed by atoms with van der Waals surface area (Å²) in [6.07, 6.45) is 5.86. The van der Waals surface area contributed by atoms with E-state index in [-0.39, 0.29) is 15.8 Å². The summed E-state index contributed by atoms with van der Waals surface area (Å²) in [6.45, 7) is 1.84. The monoisotopic (exact) mass is 465 g/mol. The molecule has 3 aromatic heterocycles. The van der Waals surface area contributed by atoms with Crippen LogP contribution in [-0.4, -0.2) is 22.8 Å². The highest BCUT2D eigenvalue weighted by Gasteiger charge is 2.23. The van der Waals surface area contributed by atoms with Crippen molar-refractivity contribution < 1.29 is 17.2 Å². The Morgan fingerprint density at radius 1 is 1.20 bits per heavy atom. The van der Waals surface area contributed by atoms with Gasteiger partial charge in [0.05, 0.1) is 35.1 Å². The third kappa shape index (κ3) is 4.13. The fourth-order valence-electron chi connectivity index (χ4n) is 2.68. The fourth-order valence-corrected chi connectivity index (χ4v) is 4.70. The molecule has 30 heavy (non-hydrogen) atoms. The van der Waals surface area contributed by atoms with Gasteiger partial charge in [0.15, 0.2) is 0 Å². The second-order valence-corrected chi connectivity index (χ2v) is 8.96. The molecule has 0 spiro atoms. The van der Waals surface area contributed by atoms with Gasteiger partial charge in [-0.15, -0.1) is 0 Å². The lowest BCUT2D eigenvalue weighted by atomic mass is 10.1. The van der Waals surface area contributed by atoms with E-state index in [1.807, 2.05) is 13.0 Å². The number of anilines is 3. The second-order valence-electron chi connectivity index (χ2n) is 6.12. The van der Waals surface area contributed by atoms with E-state index in [1.54, 1.807) is 18.5 Å². The molecule has 154 valence electrons. The van der Waals surface area contributed by atoms with Crippen molar-refractivity contribution in [2.75, 3.05) is 10.0 Å². The quantitative estimate of drug-likeness (QED) is 0.419. The Labute approximate surface area is 180 Å². The maximum absolute atomic E-state index is 14.7. The Kier molecular flexibility index (Phi) is 5.41. The van der Waals surface area contributed by atoms with Crippen LogP contribution in [-0.2, 0) is 10.0 Å². The molecule has 0 fully saturated rings. The van der Waals surface area contributed by atoms with Crippen LogP contribution in [0.1, 0.15) is 5.69 Å². The van der Waals surface area contributed by atoms with Gasteiger partial charge in [-0.1, -0.05) is 11.6 Å². The molecule has 0 saturated heterocycles. The first-order chi connectivity index (χ1) is 14.3. The van der Waals surface area contributed by atoms with Crippen molar-refractivity contribution in [3.63, 3.8) is 0 Å². The van der Waals surface area contributed by atoms with Crippen molar-refractivity contribution in [3.8, 4) is 11.1 Å². The molecule has 0 saturated carbocycles. The molecule has 1 aromatic carbocycles. The minimum absolute atomic E-state index is 0.00718. The normalized spacial score (nSPS) is 11.4. The molecule has 4 rings (SSSR count). The summed E-state index contributed by atoms with van der Waals surface area (Å²) in [6, 6.07) is 5.65. The summed E-state index contributed by atoms with van der Waals surface area (Å²) in [5.41, 5.74) is 3.06. The van der Waals surface area contributed by atoms with Crippen molar-refractivity contribution in [1.29, 1.82) is 0 Å². The predicted molar refractivity (Wildman–Crippen MR) is 112 cm³/mol. The first-order valence-electron chi connectivity index (χ1n) is 8.38. The maximum Gasteiger partial charge on any atom is 0.266 e. The van der Waals surface area contributed by atoms with Crippen LogP contribution >= 0.6 is 23.1 Å². The Hall–Kier alpha value is -3.02. The van der Waals surface area contributed by atoms with Crippen LogP contribution in [0, 0.1) is 12.7 Å². The van der Waals surface area contributed by atoms with Crippen molar-refractivity contribution in [2.45, 2.75) is 11.8 Å². The van der Waals surface area contributed by atoms with Gasteiger partial charge in [0, 0.05) is 34.4 Å². The number of furan rings is 1. The Balaban J connectivity index is 1.69. The van der Waals surface area contributed by atoms with Crippen LogP contribution in [0.5, 0.6) is 0 Å². The number of nitrogens with zero attached hydrogens (tertiary/aromatic N) is 3. The van der Waals surface area contributed by atoms with Gasteiger partial charge >= 0.3 is 0 Å². The van der Waals surface area contributed by atoms with Gasteiger partial charge in [0.2, 0.25) is 5.13 Å². The summed E-state index contributed by atoms with van der Waals surface area (Å²) in [4.78, 5) is 7.37. The van der Waals surface area contributed by atoms with E-state index in [0.717, 1.165) is 40.5 Å². The first-order valence-corrected chi connectivity index (χ1v) is 11.0. The number of halogens is 2. The summed E-state index contributed by atoms with van der Waals surface area (Å²) >= 11 is 7.09. The van der Waals surface area contributed by atoms with E-state index in [2.05, 4.69) is 24.4 Å². The van der Waals surface area contributed by atoms with Gasteiger partial charge < -0.3 is 9.73 Å². The molecule has 2 N–H and O–H groups in total. The number of nitrogens with one attached hydrogen (secondary N) is 2. The van der Waals surface area contributed by atoms with E-state index in [1.165, 1.54) is 12.6 Å². The number of hydrogen-bond donors (Lipinski definition) is 2. The van der Waals surface area contributed by atoms with Crippen LogP contribution in [0.15, 0.2) is 58.6 Å². The van der Waals surface area contributed by atoms with Crippen LogP contribution in [0.3, 0.4) is 0 Å². The van der Waals surface area contributed by atoms with E-state index in [9.17, 15) is 12.8 Å².